The first-order valence-corrected chi connectivity index (χ1v) is 4.09. The number of hydrogen-bond donors (Lipinski definition) is 2. The van der Waals surface area contributed by atoms with E-state index in [2.05, 4.69) is 4.98 Å². The Bertz CT molecular complexity index is 264. The van der Waals surface area contributed by atoms with Gasteiger partial charge in [-0.1, -0.05) is 13.8 Å². The number of carbonyl (C=O) groups is 1. The molecule has 0 unspecified atom stereocenters. The average molecular weight is 199 g/mol. The second kappa shape index (κ2) is 5.90. The van der Waals surface area contributed by atoms with E-state index in [0.717, 1.165) is 6.20 Å². The summed E-state index contributed by atoms with van der Waals surface area (Å²) in [6.45, 7) is 3.53. The molecule has 0 aliphatic rings. The van der Waals surface area contributed by atoms with Crippen molar-refractivity contribution in [3.05, 3.63) is 24.1 Å². The van der Waals surface area contributed by atoms with E-state index in [-0.39, 0.29) is 17.6 Å². The van der Waals surface area contributed by atoms with Crippen LogP contribution in [0.25, 0.3) is 0 Å². The van der Waals surface area contributed by atoms with Crippen LogP contribution in [0.4, 0.5) is 10.2 Å². The van der Waals surface area contributed by atoms with Crippen molar-refractivity contribution in [3.8, 4) is 0 Å². The molecule has 0 atom stereocenters. The van der Waals surface area contributed by atoms with Crippen molar-refractivity contribution in [2.45, 2.75) is 13.8 Å². The second-order valence-corrected chi connectivity index (χ2v) is 2.96. The molecule has 0 aromatic carbocycles. The van der Waals surface area contributed by atoms with Gasteiger partial charge in [-0.2, -0.15) is 0 Å². The van der Waals surface area contributed by atoms with Crippen LogP contribution >= 0.6 is 0 Å². The number of anilines is 1. The summed E-state index contributed by atoms with van der Waals surface area (Å²) in [5, 5.41) is 0. The van der Waals surface area contributed by atoms with Gasteiger partial charge in [0.25, 0.3) is 0 Å². The van der Waals surface area contributed by atoms with E-state index >= 15 is 0 Å². The highest BCUT2D eigenvalue weighted by atomic mass is 19.1. The lowest BCUT2D eigenvalue weighted by Crippen LogP contribution is -2.17. The van der Waals surface area contributed by atoms with Crippen LogP contribution in [0.2, 0.25) is 0 Å². The van der Waals surface area contributed by atoms with Gasteiger partial charge in [-0.3, -0.25) is 4.79 Å². The molecule has 4 nitrogen and oxygen atoms in total. The number of nitrogens with zero attached hydrogens (tertiary/aromatic N) is 1. The fraction of sp³-hybridized carbons (Fsp3) is 0.333. The number of aromatic nitrogens is 1. The third kappa shape index (κ3) is 5.93. The van der Waals surface area contributed by atoms with Crippen molar-refractivity contribution in [2.24, 2.45) is 11.7 Å². The highest BCUT2D eigenvalue weighted by molar-refractivity contribution is 5.75. The lowest BCUT2D eigenvalue weighted by molar-refractivity contribution is -0.120. The summed E-state index contributed by atoms with van der Waals surface area (Å²) < 4.78 is 12.0. The first-order valence-electron chi connectivity index (χ1n) is 4.09. The van der Waals surface area contributed by atoms with Crippen LogP contribution in [0.1, 0.15) is 13.8 Å². The largest absolute Gasteiger partial charge is 0.384 e. The number of amides is 1. The normalized spacial score (nSPS) is 9.14. The molecule has 78 valence electrons. The van der Waals surface area contributed by atoms with Crippen LogP contribution in [-0.4, -0.2) is 10.9 Å². The van der Waals surface area contributed by atoms with Gasteiger partial charge in [-0.05, 0) is 12.1 Å². The lowest BCUT2D eigenvalue weighted by Gasteiger charge is -1.90. The molecule has 0 fully saturated rings. The summed E-state index contributed by atoms with van der Waals surface area (Å²) in [6.07, 6.45) is 1.08. The van der Waals surface area contributed by atoms with Crippen molar-refractivity contribution in [3.63, 3.8) is 0 Å². The van der Waals surface area contributed by atoms with Crippen LogP contribution in [0.3, 0.4) is 0 Å². The SMILES string of the molecule is CC(C)C(N)=O.Nc1ccc(F)cn1. The van der Waals surface area contributed by atoms with E-state index in [4.69, 9.17) is 11.5 Å². The molecule has 0 aliphatic carbocycles. The van der Waals surface area contributed by atoms with Crippen LogP contribution in [0.15, 0.2) is 18.3 Å². The number of hydrogen-bond acceptors (Lipinski definition) is 3. The van der Waals surface area contributed by atoms with Gasteiger partial charge < -0.3 is 11.5 Å². The van der Waals surface area contributed by atoms with E-state index in [9.17, 15) is 9.18 Å². The quantitative estimate of drug-likeness (QED) is 0.705. The summed E-state index contributed by atoms with van der Waals surface area (Å²) in [4.78, 5) is 13.4. The molecular formula is C9H14FN3O. The topological polar surface area (TPSA) is 82.0 Å². The third-order valence-corrected chi connectivity index (χ3v) is 1.32. The Morgan fingerprint density at radius 3 is 2.21 bits per heavy atom. The first kappa shape index (κ1) is 12.3. The van der Waals surface area contributed by atoms with E-state index in [1.807, 2.05) is 0 Å². The standard InChI is InChI=1S/C5H5FN2.C4H9NO/c6-4-1-2-5(7)8-3-4;1-3(2)4(5)6/h1-3H,(H2,7,8);3H,1-2H3,(H2,5,6). The van der Waals surface area contributed by atoms with Gasteiger partial charge >= 0.3 is 0 Å². The maximum absolute atomic E-state index is 12.0. The van der Waals surface area contributed by atoms with E-state index in [1.54, 1.807) is 13.8 Å². The van der Waals surface area contributed by atoms with Crippen molar-refractivity contribution in [1.82, 2.24) is 4.98 Å². The average Bonchev–Trinajstić information content (AvgIpc) is 2.11. The van der Waals surface area contributed by atoms with Gasteiger partial charge in [0.15, 0.2) is 0 Å². The molecule has 14 heavy (non-hydrogen) atoms. The van der Waals surface area contributed by atoms with E-state index < -0.39 is 0 Å². The molecule has 1 heterocycles. The van der Waals surface area contributed by atoms with Gasteiger partial charge in [-0.15, -0.1) is 0 Å². The smallest absolute Gasteiger partial charge is 0.219 e. The molecule has 1 aromatic rings. The molecule has 0 saturated carbocycles. The minimum atomic E-state index is -0.362. The molecule has 4 N–H and O–H groups in total. The Labute approximate surface area is 82.1 Å². The monoisotopic (exact) mass is 199 g/mol. The van der Waals surface area contributed by atoms with Gasteiger partial charge in [0.2, 0.25) is 5.91 Å². The highest BCUT2D eigenvalue weighted by Gasteiger charge is 1.96. The maximum Gasteiger partial charge on any atom is 0.219 e. The summed E-state index contributed by atoms with van der Waals surface area (Å²) in [6, 6.07) is 2.68. The van der Waals surface area contributed by atoms with Crippen LogP contribution < -0.4 is 11.5 Å². The molecule has 1 rings (SSSR count). The van der Waals surface area contributed by atoms with Crippen LogP contribution in [0.5, 0.6) is 0 Å². The van der Waals surface area contributed by atoms with Gasteiger partial charge in [0.05, 0.1) is 6.20 Å². The summed E-state index contributed by atoms with van der Waals surface area (Å²) in [5.41, 5.74) is 9.95. The predicted molar refractivity (Wildman–Crippen MR) is 52.6 cm³/mol. The zero-order valence-electron chi connectivity index (χ0n) is 8.20. The Morgan fingerprint density at radius 1 is 1.50 bits per heavy atom. The van der Waals surface area contributed by atoms with Crippen molar-refractivity contribution >= 4 is 11.7 Å². The number of nitrogens with two attached hydrogens (primary N) is 2. The van der Waals surface area contributed by atoms with Crippen LogP contribution in [-0.2, 0) is 4.79 Å². The Kier molecular flexibility index (Phi) is 5.21. The van der Waals surface area contributed by atoms with Crippen molar-refractivity contribution in [2.75, 3.05) is 5.73 Å². The van der Waals surface area contributed by atoms with Gasteiger partial charge in [0, 0.05) is 5.92 Å². The Balaban J connectivity index is 0.000000255. The minimum Gasteiger partial charge on any atom is -0.384 e. The number of nitrogen functional groups attached to an aromatic ring is 1. The molecule has 0 spiro atoms. The summed E-state index contributed by atoms with van der Waals surface area (Å²) >= 11 is 0. The third-order valence-electron chi connectivity index (χ3n) is 1.32. The Morgan fingerprint density at radius 2 is 2.00 bits per heavy atom. The Hall–Kier alpha value is -1.65. The molecule has 0 radical (unpaired) electrons. The van der Waals surface area contributed by atoms with E-state index in [1.165, 1.54) is 12.1 Å². The molecule has 0 saturated heterocycles. The zero-order chi connectivity index (χ0) is 11.1. The van der Waals surface area contributed by atoms with Crippen molar-refractivity contribution < 1.29 is 9.18 Å². The van der Waals surface area contributed by atoms with Gasteiger partial charge in [-0.25, -0.2) is 9.37 Å². The number of pyridine rings is 1. The molecular weight excluding hydrogens is 185 g/mol. The number of halogens is 1. The number of carbonyl (C=O) groups excluding carboxylic acids is 1. The molecule has 0 bridgehead atoms. The van der Waals surface area contributed by atoms with Crippen molar-refractivity contribution in [1.29, 1.82) is 0 Å². The first-order chi connectivity index (χ1) is 6.43. The number of primary amides is 1. The lowest BCUT2D eigenvalue weighted by atomic mass is 10.2. The molecule has 1 amide bonds. The second-order valence-electron chi connectivity index (χ2n) is 2.96. The number of rotatable bonds is 1. The van der Waals surface area contributed by atoms with Crippen LogP contribution in [0, 0.1) is 11.7 Å². The summed E-state index contributed by atoms with van der Waals surface area (Å²) in [5.74, 6) is -0.273. The predicted octanol–water partition coefficient (Wildman–Crippen LogP) is 0.931. The fourth-order valence-corrected chi connectivity index (χ4v) is 0.387. The maximum atomic E-state index is 12.0. The zero-order valence-corrected chi connectivity index (χ0v) is 8.20. The molecule has 1 aromatic heterocycles. The molecule has 0 aliphatic heterocycles. The minimum absolute atomic E-state index is 0.00926. The van der Waals surface area contributed by atoms with E-state index in [0.29, 0.717) is 5.82 Å². The summed E-state index contributed by atoms with van der Waals surface area (Å²) in [7, 11) is 0. The fourth-order valence-electron chi connectivity index (χ4n) is 0.387. The molecule has 5 heteroatoms. The highest BCUT2D eigenvalue weighted by Crippen LogP contribution is 1.96. The van der Waals surface area contributed by atoms with Gasteiger partial charge in [0.1, 0.15) is 11.6 Å².